The highest BCUT2D eigenvalue weighted by Crippen LogP contribution is 2.44. The van der Waals surface area contributed by atoms with Crippen LogP contribution in [-0.2, 0) is 6.42 Å². The van der Waals surface area contributed by atoms with Gasteiger partial charge in [0.2, 0.25) is 0 Å². The van der Waals surface area contributed by atoms with E-state index in [1.165, 1.54) is 29.9 Å². The van der Waals surface area contributed by atoms with Crippen molar-refractivity contribution >= 4 is 17.4 Å². The number of phenols is 1. The summed E-state index contributed by atoms with van der Waals surface area (Å²) in [7, 11) is 2.11. The molecule has 1 aromatic carbocycles. The molecule has 24 heavy (non-hydrogen) atoms. The van der Waals surface area contributed by atoms with Crippen molar-refractivity contribution in [3.63, 3.8) is 0 Å². The van der Waals surface area contributed by atoms with Gasteiger partial charge in [-0.05, 0) is 74.1 Å². The SMILES string of the molecule is CCCCSCCCc1cc(O)c2c(c1)N(C)C(C)CC2CCO. The second-order valence-corrected chi connectivity index (χ2v) is 8.25. The van der Waals surface area contributed by atoms with Crippen LogP contribution in [-0.4, -0.2) is 41.4 Å². The molecule has 1 heterocycles. The van der Waals surface area contributed by atoms with Crippen LogP contribution in [0.3, 0.4) is 0 Å². The number of aliphatic hydroxyl groups is 1. The smallest absolute Gasteiger partial charge is 0.121 e. The lowest BCUT2D eigenvalue weighted by atomic mass is 9.83. The van der Waals surface area contributed by atoms with Crippen LogP contribution in [0, 0.1) is 0 Å². The molecule has 0 aliphatic carbocycles. The molecule has 2 rings (SSSR count). The number of nitrogens with zero attached hydrogens (tertiary/aromatic N) is 1. The first-order valence-corrected chi connectivity index (χ1v) is 10.5. The number of phenolic OH excluding ortho intramolecular Hbond substituents is 1. The molecule has 0 radical (unpaired) electrons. The van der Waals surface area contributed by atoms with Crippen LogP contribution in [0.25, 0.3) is 0 Å². The average Bonchev–Trinajstić information content (AvgIpc) is 2.55. The number of benzene rings is 1. The standard InChI is InChI=1S/C20H33NO2S/c1-4-5-10-24-11-6-7-16-13-18-20(19(23)14-16)17(8-9-22)12-15(2)21(18)3/h13-15,17,22-23H,4-12H2,1-3H3. The molecule has 0 bridgehead atoms. The summed E-state index contributed by atoms with van der Waals surface area (Å²) in [4.78, 5) is 2.28. The van der Waals surface area contributed by atoms with Gasteiger partial charge < -0.3 is 15.1 Å². The fourth-order valence-corrected chi connectivity index (χ4v) is 4.65. The van der Waals surface area contributed by atoms with E-state index in [0.29, 0.717) is 11.8 Å². The lowest BCUT2D eigenvalue weighted by Crippen LogP contribution is -2.35. The van der Waals surface area contributed by atoms with E-state index in [9.17, 15) is 10.2 Å². The van der Waals surface area contributed by atoms with Gasteiger partial charge in [0.1, 0.15) is 5.75 Å². The second kappa shape index (κ2) is 9.57. The number of hydrogen-bond donors (Lipinski definition) is 2. The number of aliphatic hydroxyl groups excluding tert-OH is 1. The van der Waals surface area contributed by atoms with Crippen LogP contribution in [0.1, 0.15) is 63.0 Å². The van der Waals surface area contributed by atoms with Crippen LogP contribution in [0.15, 0.2) is 12.1 Å². The molecular formula is C20H33NO2S. The largest absolute Gasteiger partial charge is 0.508 e. The summed E-state index contributed by atoms with van der Waals surface area (Å²) in [5.74, 6) is 3.12. The Labute approximate surface area is 151 Å². The van der Waals surface area contributed by atoms with Gasteiger partial charge in [0, 0.05) is 30.9 Å². The topological polar surface area (TPSA) is 43.7 Å². The Hall–Kier alpha value is -0.870. The number of rotatable bonds is 9. The van der Waals surface area contributed by atoms with Gasteiger partial charge in [0.25, 0.3) is 0 Å². The minimum atomic E-state index is 0.177. The Balaban J connectivity index is 2.07. The molecule has 1 aromatic rings. The van der Waals surface area contributed by atoms with Crippen LogP contribution in [0.4, 0.5) is 5.69 Å². The Morgan fingerprint density at radius 2 is 2.00 bits per heavy atom. The molecule has 3 nitrogen and oxygen atoms in total. The molecule has 4 heteroatoms. The van der Waals surface area contributed by atoms with Crippen molar-refractivity contribution in [2.75, 3.05) is 30.1 Å². The average molecular weight is 352 g/mol. The number of hydrogen-bond acceptors (Lipinski definition) is 4. The van der Waals surface area contributed by atoms with Gasteiger partial charge in [0.05, 0.1) is 0 Å². The molecule has 136 valence electrons. The Kier molecular flexibility index (Phi) is 7.76. The van der Waals surface area contributed by atoms with Crippen molar-refractivity contribution in [1.29, 1.82) is 0 Å². The van der Waals surface area contributed by atoms with Gasteiger partial charge in [-0.3, -0.25) is 0 Å². The van der Waals surface area contributed by atoms with Crippen molar-refractivity contribution in [3.8, 4) is 5.75 Å². The van der Waals surface area contributed by atoms with E-state index in [1.807, 2.05) is 17.8 Å². The van der Waals surface area contributed by atoms with Gasteiger partial charge >= 0.3 is 0 Å². The van der Waals surface area contributed by atoms with E-state index in [2.05, 4.69) is 31.9 Å². The van der Waals surface area contributed by atoms with Gasteiger partial charge in [-0.25, -0.2) is 0 Å². The third kappa shape index (κ3) is 4.82. The maximum Gasteiger partial charge on any atom is 0.121 e. The van der Waals surface area contributed by atoms with E-state index >= 15 is 0 Å². The minimum absolute atomic E-state index is 0.177. The van der Waals surface area contributed by atoms with Crippen LogP contribution < -0.4 is 4.90 Å². The number of thioether (sulfide) groups is 1. The number of anilines is 1. The van der Waals surface area contributed by atoms with Crippen molar-refractivity contribution in [3.05, 3.63) is 23.3 Å². The van der Waals surface area contributed by atoms with E-state index in [1.54, 1.807) is 0 Å². The first-order valence-electron chi connectivity index (χ1n) is 9.35. The predicted octanol–water partition coefficient (Wildman–Crippen LogP) is 4.55. The lowest BCUT2D eigenvalue weighted by Gasteiger charge is -2.39. The first kappa shape index (κ1) is 19.5. The number of fused-ring (bicyclic) bond motifs is 1. The summed E-state index contributed by atoms with van der Waals surface area (Å²) in [6.45, 7) is 4.64. The third-order valence-corrected chi connectivity index (χ3v) is 6.30. The van der Waals surface area contributed by atoms with Crippen molar-refractivity contribution in [1.82, 2.24) is 0 Å². The zero-order valence-corrected chi connectivity index (χ0v) is 16.2. The number of aryl methyl sites for hydroxylation is 1. The summed E-state index contributed by atoms with van der Waals surface area (Å²) >= 11 is 2.04. The minimum Gasteiger partial charge on any atom is -0.508 e. The summed E-state index contributed by atoms with van der Waals surface area (Å²) < 4.78 is 0. The normalized spacial score (nSPS) is 20.2. The molecule has 0 aromatic heterocycles. The van der Waals surface area contributed by atoms with Crippen LogP contribution >= 0.6 is 11.8 Å². The molecule has 1 aliphatic heterocycles. The first-order chi connectivity index (χ1) is 11.6. The summed E-state index contributed by atoms with van der Waals surface area (Å²) in [6, 6.07) is 4.64. The van der Waals surface area contributed by atoms with Gasteiger partial charge in [0.15, 0.2) is 0 Å². The highest BCUT2D eigenvalue weighted by Gasteiger charge is 2.30. The zero-order valence-electron chi connectivity index (χ0n) is 15.4. The molecule has 2 unspecified atom stereocenters. The highest BCUT2D eigenvalue weighted by molar-refractivity contribution is 7.99. The summed E-state index contributed by atoms with van der Waals surface area (Å²) in [5.41, 5.74) is 3.41. The molecular weight excluding hydrogens is 318 g/mol. The fraction of sp³-hybridized carbons (Fsp3) is 0.700. The van der Waals surface area contributed by atoms with Gasteiger partial charge in [-0.1, -0.05) is 13.3 Å². The Bertz CT molecular complexity index is 521. The van der Waals surface area contributed by atoms with Crippen molar-refractivity contribution in [2.24, 2.45) is 0 Å². The molecule has 0 amide bonds. The maximum absolute atomic E-state index is 10.6. The Morgan fingerprint density at radius 3 is 2.71 bits per heavy atom. The molecule has 0 fully saturated rings. The zero-order chi connectivity index (χ0) is 17.5. The van der Waals surface area contributed by atoms with Crippen LogP contribution in [0.5, 0.6) is 5.75 Å². The van der Waals surface area contributed by atoms with Crippen molar-refractivity contribution < 1.29 is 10.2 Å². The van der Waals surface area contributed by atoms with E-state index < -0.39 is 0 Å². The molecule has 2 N–H and O–H groups in total. The van der Waals surface area contributed by atoms with E-state index in [4.69, 9.17) is 0 Å². The lowest BCUT2D eigenvalue weighted by molar-refractivity contribution is 0.266. The monoisotopic (exact) mass is 351 g/mol. The summed E-state index contributed by atoms with van der Waals surface area (Å²) in [6.07, 6.45) is 6.47. The molecule has 0 spiro atoms. The third-order valence-electron chi connectivity index (χ3n) is 5.15. The molecule has 1 aliphatic rings. The fourth-order valence-electron chi connectivity index (χ4n) is 3.60. The van der Waals surface area contributed by atoms with Crippen LogP contribution in [0.2, 0.25) is 0 Å². The van der Waals surface area contributed by atoms with Gasteiger partial charge in [-0.15, -0.1) is 0 Å². The quantitative estimate of drug-likeness (QED) is 0.641. The maximum atomic E-state index is 10.6. The molecule has 0 saturated heterocycles. The highest BCUT2D eigenvalue weighted by atomic mass is 32.2. The second-order valence-electron chi connectivity index (χ2n) is 7.02. The molecule has 2 atom stereocenters. The van der Waals surface area contributed by atoms with E-state index in [-0.39, 0.29) is 12.5 Å². The number of unbranched alkanes of at least 4 members (excludes halogenated alkanes) is 1. The van der Waals surface area contributed by atoms with Crippen molar-refractivity contribution in [2.45, 2.75) is 64.3 Å². The predicted molar refractivity (Wildman–Crippen MR) is 106 cm³/mol. The van der Waals surface area contributed by atoms with E-state index in [0.717, 1.165) is 36.9 Å². The summed E-state index contributed by atoms with van der Waals surface area (Å²) in [5, 5.41) is 19.9. The Morgan fingerprint density at radius 1 is 1.25 bits per heavy atom. The van der Waals surface area contributed by atoms with Gasteiger partial charge in [-0.2, -0.15) is 11.8 Å². The molecule has 0 saturated carbocycles. The number of aromatic hydroxyl groups is 1.